The van der Waals surface area contributed by atoms with E-state index in [1.807, 2.05) is 6.07 Å². The van der Waals surface area contributed by atoms with Gasteiger partial charge in [-0.05, 0) is 65.9 Å². The van der Waals surface area contributed by atoms with E-state index in [1.165, 1.54) is 16.5 Å². The first-order chi connectivity index (χ1) is 10.1. The summed E-state index contributed by atoms with van der Waals surface area (Å²) in [5.74, 6) is -0.334. The summed E-state index contributed by atoms with van der Waals surface area (Å²) in [6.07, 6.45) is 3.25. The second kappa shape index (κ2) is 5.78. The highest BCUT2D eigenvalue weighted by Crippen LogP contribution is 2.40. The van der Waals surface area contributed by atoms with Gasteiger partial charge in [-0.15, -0.1) is 11.3 Å². The van der Waals surface area contributed by atoms with Crippen molar-refractivity contribution in [1.29, 1.82) is 5.26 Å². The van der Waals surface area contributed by atoms with Gasteiger partial charge < -0.3 is 5.32 Å². The zero-order valence-electron chi connectivity index (χ0n) is 11.5. The molecule has 0 bridgehead atoms. The van der Waals surface area contributed by atoms with Crippen LogP contribution >= 0.6 is 27.3 Å². The fraction of sp³-hybridized carbons (Fsp3) is 0.312. The maximum Gasteiger partial charge on any atom is 0.129 e. The van der Waals surface area contributed by atoms with Crippen molar-refractivity contribution >= 4 is 33.0 Å². The molecule has 1 aliphatic carbocycles. The second-order valence-corrected chi connectivity index (χ2v) is 7.78. The van der Waals surface area contributed by atoms with Gasteiger partial charge >= 0.3 is 0 Å². The van der Waals surface area contributed by atoms with Crippen LogP contribution in [-0.4, -0.2) is 0 Å². The molecule has 2 nitrogen and oxygen atoms in total. The zero-order valence-corrected chi connectivity index (χ0v) is 13.9. The van der Waals surface area contributed by atoms with Gasteiger partial charge in [0, 0.05) is 16.1 Å². The van der Waals surface area contributed by atoms with Crippen LogP contribution in [0.25, 0.3) is 0 Å². The Morgan fingerprint density at radius 2 is 2.24 bits per heavy atom. The van der Waals surface area contributed by atoms with Gasteiger partial charge in [0.25, 0.3) is 0 Å². The molecule has 0 radical (unpaired) electrons. The minimum absolute atomic E-state index is 0.184. The van der Waals surface area contributed by atoms with Gasteiger partial charge in [0.1, 0.15) is 5.82 Å². The molecule has 1 N–H and O–H groups in total. The molecule has 1 heterocycles. The molecule has 0 spiro atoms. The van der Waals surface area contributed by atoms with E-state index in [9.17, 15) is 4.39 Å². The number of rotatable bonds is 2. The monoisotopic (exact) mass is 364 g/mol. The van der Waals surface area contributed by atoms with Crippen LogP contribution in [0.3, 0.4) is 0 Å². The molecule has 0 aliphatic heterocycles. The highest BCUT2D eigenvalue weighted by atomic mass is 79.9. The molecule has 0 fully saturated rings. The molecule has 1 atom stereocenters. The van der Waals surface area contributed by atoms with Crippen LogP contribution < -0.4 is 5.32 Å². The predicted octanol–water partition coefficient (Wildman–Crippen LogP) is 5.32. The Balaban J connectivity index is 1.95. The molecule has 5 heteroatoms. The van der Waals surface area contributed by atoms with E-state index in [1.54, 1.807) is 24.3 Å². The van der Waals surface area contributed by atoms with Crippen molar-refractivity contribution in [2.24, 2.45) is 0 Å². The summed E-state index contributed by atoms with van der Waals surface area (Å²) in [5.41, 5.74) is 2.92. The maximum atomic E-state index is 13.9. The molecule has 0 saturated heterocycles. The number of benzene rings is 1. The summed E-state index contributed by atoms with van der Waals surface area (Å²) in [6.45, 7) is 1.74. The van der Waals surface area contributed by atoms with E-state index in [-0.39, 0.29) is 11.9 Å². The Bertz CT molecular complexity index is 733. The number of fused-ring (bicyclic) bond motifs is 1. The van der Waals surface area contributed by atoms with E-state index < -0.39 is 0 Å². The van der Waals surface area contributed by atoms with E-state index in [4.69, 9.17) is 5.26 Å². The van der Waals surface area contributed by atoms with E-state index in [0.717, 1.165) is 23.0 Å². The molecule has 108 valence electrons. The average Bonchev–Trinajstić information content (AvgIpc) is 2.85. The number of nitrogens with zero attached hydrogens (tertiary/aromatic N) is 1. The molecule has 0 amide bonds. The fourth-order valence-electron chi connectivity index (χ4n) is 2.75. The van der Waals surface area contributed by atoms with Crippen LogP contribution in [0.15, 0.2) is 22.0 Å². The summed E-state index contributed by atoms with van der Waals surface area (Å²) in [5, 5.41) is 12.4. The van der Waals surface area contributed by atoms with E-state index in [2.05, 4.69) is 27.3 Å². The molecular weight excluding hydrogens is 351 g/mol. The first-order valence-electron chi connectivity index (χ1n) is 6.83. The van der Waals surface area contributed by atoms with Crippen molar-refractivity contribution in [3.05, 3.63) is 49.4 Å². The Hall–Kier alpha value is -1.38. The van der Waals surface area contributed by atoms with Crippen molar-refractivity contribution in [2.45, 2.75) is 32.2 Å². The number of hydrogen-bond acceptors (Lipinski definition) is 3. The van der Waals surface area contributed by atoms with Crippen molar-refractivity contribution < 1.29 is 4.39 Å². The van der Waals surface area contributed by atoms with Crippen LogP contribution in [-0.2, 0) is 6.42 Å². The highest BCUT2D eigenvalue weighted by Gasteiger charge is 2.23. The van der Waals surface area contributed by atoms with Crippen LogP contribution in [0.1, 0.15) is 40.5 Å². The molecule has 21 heavy (non-hydrogen) atoms. The molecule has 1 aromatic carbocycles. The summed E-state index contributed by atoms with van der Waals surface area (Å²) in [6, 6.07) is 7.36. The minimum atomic E-state index is -0.334. The van der Waals surface area contributed by atoms with Gasteiger partial charge in [0.05, 0.1) is 21.5 Å². The van der Waals surface area contributed by atoms with Crippen LogP contribution in [0.2, 0.25) is 0 Å². The lowest BCUT2D eigenvalue weighted by Crippen LogP contribution is -2.16. The van der Waals surface area contributed by atoms with Gasteiger partial charge in [0.15, 0.2) is 0 Å². The Kier molecular flexibility index (Phi) is 4.01. The fourth-order valence-corrected chi connectivity index (χ4v) is 4.57. The molecule has 0 saturated carbocycles. The molecule has 2 aromatic rings. The number of aryl methyl sites for hydroxylation is 1. The zero-order chi connectivity index (χ0) is 15.0. The van der Waals surface area contributed by atoms with Crippen LogP contribution in [0, 0.1) is 24.1 Å². The predicted molar refractivity (Wildman–Crippen MR) is 87.2 cm³/mol. The van der Waals surface area contributed by atoms with Crippen LogP contribution in [0.4, 0.5) is 10.1 Å². The summed E-state index contributed by atoms with van der Waals surface area (Å²) in [7, 11) is 0. The lowest BCUT2D eigenvalue weighted by atomic mass is 9.93. The SMILES string of the molecule is Cc1c(F)cc(C#N)cc1NC1CCCc2sc(Br)cc21. The van der Waals surface area contributed by atoms with Gasteiger partial charge in [-0.2, -0.15) is 5.26 Å². The normalized spacial score (nSPS) is 17.1. The molecular formula is C16H14BrFN2S. The quantitative estimate of drug-likeness (QED) is 0.782. The topological polar surface area (TPSA) is 35.8 Å². The minimum Gasteiger partial charge on any atom is -0.378 e. The third-order valence-corrected chi connectivity index (χ3v) is 5.60. The number of thiophene rings is 1. The van der Waals surface area contributed by atoms with Crippen LogP contribution in [0.5, 0.6) is 0 Å². The van der Waals surface area contributed by atoms with Crippen molar-refractivity contribution in [1.82, 2.24) is 0 Å². The Labute approximate surface area is 135 Å². The third-order valence-electron chi connectivity index (χ3n) is 3.89. The summed E-state index contributed by atoms with van der Waals surface area (Å²) >= 11 is 5.31. The van der Waals surface area contributed by atoms with Gasteiger partial charge in [0.2, 0.25) is 0 Å². The first kappa shape index (κ1) is 14.6. The van der Waals surface area contributed by atoms with E-state index in [0.29, 0.717) is 16.8 Å². The number of halogens is 2. The first-order valence-corrected chi connectivity index (χ1v) is 8.44. The van der Waals surface area contributed by atoms with Crippen molar-refractivity contribution in [3.8, 4) is 6.07 Å². The molecule has 1 aliphatic rings. The lowest BCUT2D eigenvalue weighted by molar-refractivity contribution is 0.601. The maximum absolute atomic E-state index is 13.9. The number of nitrogens with one attached hydrogen (secondary N) is 1. The largest absolute Gasteiger partial charge is 0.378 e. The second-order valence-electron chi connectivity index (χ2n) is 5.26. The van der Waals surface area contributed by atoms with Crippen molar-refractivity contribution in [3.63, 3.8) is 0 Å². The third kappa shape index (κ3) is 2.83. The van der Waals surface area contributed by atoms with Gasteiger partial charge in [-0.1, -0.05) is 0 Å². The average molecular weight is 365 g/mol. The lowest BCUT2D eigenvalue weighted by Gasteiger charge is -2.25. The molecule has 3 rings (SSSR count). The number of hydrogen-bond donors (Lipinski definition) is 1. The van der Waals surface area contributed by atoms with Gasteiger partial charge in [-0.25, -0.2) is 4.39 Å². The van der Waals surface area contributed by atoms with Crippen molar-refractivity contribution in [2.75, 3.05) is 5.32 Å². The Morgan fingerprint density at radius 3 is 3.00 bits per heavy atom. The van der Waals surface area contributed by atoms with Gasteiger partial charge in [-0.3, -0.25) is 0 Å². The summed E-state index contributed by atoms with van der Waals surface area (Å²) < 4.78 is 15.0. The molecule has 1 aromatic heterocycles. The van der Waals surface area contributed by atoms with E-state index >= 15 is 0 Å². The molecule has 1 unspecified atom stereocenters. The standard InChI is InChI=1S/C16H14BrFN2S/c1-9-12(18)5-10(8-19)6-14(9)20-13-3-2-4-15-11(13)7-16(17)21-15/h5-7,13,20H,2-4H2,1H3. The highest BCUT2D eigenvalue weighted by molar-refractivity contribution is 9.11. The smallest absolute Gasteiger partial charge is 0.129 e. The Morgan fingerprint density at radius 1 is 1.43 bits per heavy atom. The number of anilines is 1. The number of nitriles is 1. The summed E-state index contributed by atoms with van der Waals surface area (Å²) in [4.78, 5) is 1.39.